The number of nitrogens with one attached hydrogen (secondary N) is 1. The van der Waals surface area contributed by atoms with Crippen LogP contribution in [0, 0.1) is 18.6 Å². The maximum Gasteiger partial charge on any atom is 0.251 e. The minimum atomic E-state index is -1.70. The predicted octanol–water partition coefficient (Wildman–Crippen LogP) is 3.43. The van der Waals surface area contributed by atoms with Crippen LogP contribution in [0.4, 0.5) is 8.78 Å². The van der Waals surface area contributed by atoms with Gasteiger partial charge in [-0.3, -0.25) is 4.79 Å². The van der Waals surface area contributed by atoms with Crippen molar-refractivity contribution < 1.29 is 28.2 Å². The summed E-state index contributed by atoms with van der Waals surface area (Å²) in [6.45, 7) is 2.72. The first-order valence-electron chi connectivity index (χ1n) is 13.4. The molecule has 2 aromatic heterocycles. The van der Waals surface area contributed by atoms with Gasteiger partial charge in [0.2, 0.25) is 6.79 Å². The zero-order valence-electron chi connectivity index (χ0n) is 23.2. The highest BCUT2D eigenvalue weighted by molar-refractivity contribution is 5.94. The molecular formula is C30H29F2N7O4. The molecule has 0 saturated carbocycles. The van der Waals surface area contributed by atoms with Crippen molar-refractivity contribution in [2.75, 3.05) is 13.3 Å². The number of amides is 1. The van der Waals surface area contributed by atoms with E-state index in [0.29, 0.717) is 12.1 Å². The highest BCUT2D eigenvalue weighted by Gasteiger charge is 2.34. The van der Waals surface area contributed by atoms with Gasteiger partial charge < -0.3 is 19.9 Å². The van der Waals surface area contributed by atoms with Gasteiger partial charge in [-0.2, -0.15) is 10.2 Å². The van der Waals surface area contributed by atoms with Crippen LogP contribution in [0.3, 0.4) is 0 Å². The fraction of sp³-hybridized carbons (Fsp3) is 0.233. The number of aromatic nitrogens is 6. The predicted molar refractivity (Wildman–Crippen MR) is 150 cm³/mol. The van der Waals surface area contributed by atoms with Crippen LogP contribution in [0.15, 0.2) is 86.0 Å². The molecule has 0 unspecified atom stereocenters. The third kappa shape index (κ3) is 7.57. The minimum Gasteiger partial charge on any atom is -0.454 e. The van der Waals surface area contributed by atoms with E-state index in [2.05, 4.69) is 25.5 Å². The van der Waals surface area contributed by atoms with Crippen LogP contribution < -0.4 is 14.8 Å². The SMILES string of the molecule is Cc1ccc(C(=O)NCCc2ccc3c(c2)OCO3)cc1.OC(Cn1cncn1)(Cn1cncn1)c1ccc(F)cc1F. The monoisotopic (exact) mass is 589 g/mol. The molecule has 5 aromatic rings. The molecule has 43 heavy (non-hydrogen) atoms. The Morgan fingerprint density at radius 1 is 0.930 bits per heavy atom. The van der Waals surface area contributed by atoms with Crippen molar-refractivity contribution in [3.8, 4) is 11.5 Å². The number of benzene rings is 3. The van der Waals surface area contributed by atoms with Gasteiger partial charge in [0.15, 0.2) is 11.5 Å². The largest absolute Gasteiger partial charge is 0.454 e. The molecule has 3 heterocycles. The minimum absolute atomic E-state index is 0.0456. The third-order valence-electron chi connectivity index (χ3n) is 6.66. The topological polar surface area (TPSA) is 129 Å². The van der Waals surface area contributed by atoms with E-state index >= 15 is 0 Å². The molecule has 2 N–H and O–H groups in total. The molecule has 0 saturated heterocycles. The quantitative estimate of drug-likeness (QED) is 0.268. The summed E-state index contributed by atoms with van der Waals surface area (Å²) in [7, 11) is 0. The van der Waals surface area contributed by atoms with Gasteiger partial charge in [0.05, 0.1) is 13.1 Å². The van der Waals surface area contributed by atoms with Gasteiger partial charge in [-0.05, 0) is 49.2 Å². The molecule has 11 nitrogen and oxygen atoms in total. The summed E-state index contributed by atoms with van der Waals surface area (Å²) in [5.41, 5.74) is 1.20. The van der Waals surface area contributed by atoms with Gasteiger partial charge in [-0.25, -0.2) is 28.1 Å². The van der Waals surface area contributed by atoms with Crippen LogP contribution in [0.5, 0.6) is 11.5 Å². The Morgan fingerprint density at radius 3 is 2.23 bits per heavy atom. The average molecular weight is 590 g/mol. The normalized spacial score (nSPS) is 12.0. The van der Waals surface area contributed by atoms with Gasteiger partial charge in [0, 0.05) is 23.7 Å². The second-order valence-electron chi connectivity index (χ2n) is 9.90. The first-order valence-corrected chi connectivity index (χ1v) is 13.4. The smallest absolute Gasteiger partial charge is 0.251 e. The Hall–Kier alpha value is -5.17. The first kappa shape index (κ1) is 29.3. The molecule has 1 aliphatic heterocycles. The second kappa shape index (κ2) is 13.2. The van der Waals surface area contributed by atoms with Crippen molar-refractivity contribution in [3.63, 3.8) is 0 Å². The fourth-order valence-electron chi connectivity index (χ4n) is 4.48. The van der Waals surface area contributed by atoms with Crippen molar-refractivity contribution in [1.82, 2.24) is 34.8 Å². The van der Waals surface area contributed by atoms with Crippen LogP contribution in [-0.4, -0.2) is 53.9 Å². The van der Waals surface area contributed by atoms with Crippen LogP contribution in [0.25, 0.3) is 0 Å². The molecule has 1 aliphatic rings. The summed E-state index contributed by atoms with van der Waals surface area (Å²) >= 11 is 0. The van der Waals surface area contributed by atoms with E-state index in [1.165, 1.54) is 40.7 Å². The van der Waals surface area contributed by atoms with E-state index in [0.717, 1.165) is 41.2 Å². The standard InChI is InChI=1S/C17H17NO3.C13H12F2N6O/c1-12-2-5-14(6-3-12)17(19)18-9-8-13-4-7-15-16(10-13)21-11-20-15;14-10-1-2-11(12(15)3-10)13(22,4-20-8-16-6-18-20)5-21-9-17-7-19-21/h2-7,10H,8-9,11H2,1H3,(H,18,19);1-3,6-9,22H,4-5H2. The second-order valence-corrected chi connectivity index (χ2v) is 9.90. The number of ether oxygens (including phenoxy) is 2. The molecule has 222 valence electrons. The zero-order chi connectivity index (χ0) is 30.2. The van der Waals surface area contributed by atoms with Gasteiger partial charge >= 0.3 is 0 Å². The number of nitrogens with zero attached hydrogens (tertiary/aromatic N) is 6. The number of carbonyl (C=O) groups is 1. The lowest BCUT2D eigenvalue weighted by Crippen LogP contribution is -2.37. The highest BCUT2D eigenvalue weighted by Crippen LogP contribution is 2.32. The Balaban J connectivity index is 0.000000171. The van der Waals surface area contributed by atoms with E-state index in [9.17, 15) is 18.7 Å². The van der Waals surface area contributed by atoms with Crippen LogP contribution >= 0.6 is 0 Å². The summed E-state index contributed by atoms with van der Waals surface area (Å²) in [5.74, 6) is -0.0524. The molecule has 0 bridgehead atoms. The number of rotatable bonds is 9. The van der Waals surface area contributed by atoms with Gasteiger partial charge in [0.1, 0.15) is 42.5 Å². The number of aliphatic hydroxyl groups is 1. The number of halogens is 2. The molecule has 6 rings (SSSR count). The molecule has 0 spiro atoms. The first-order chi connectivity index (χ1) is 20.8. The van der Waals surface area contributed by atoms with E-state index in [4.69, 9.17) is 9.47 Å². The van der Waals surface area contributed by atoms with E-state index in [1.807, 2.05) is 49.4 Å². The number of carbonyl (C=O) groups excluding carboxylic acids is 1. The van der Waals surface area contributed by atoms with Crippen LogP contribution in [0.2, 0.25) is 0 Å². The van der Waals surface area contributed by atoms with Crippen molar-refractivity contribution in [1.29, 1.82) is 0 Å². The number of fused-ring (bicyclic) bond motifs is 1. The van der Waals surface area contributed by atoms with Gasteiger partial charge in [-0.1, -0.05) is 29.8 Å². The average Bonchev–Trinajstić information content (AvgIpc) is 3.77. The number of hydrogen-bond donors (Lipinski definition) is 2. The summed E-state index contributed by atoms with van der Waals surface area (Å²) in [4.78, 5) is 19.5. The van der Waals surface area contributed by atoms with Gasteiger partial charge in [-0.15, -0.1) is 0 Å². The Morgan fingerprint density at radius 2 is 1.60 bits per heavy atom. The van der Waals surface area contributed by atoms with Crippen molar-refractivity contribution in [3.05, 3.63) is 120 Å². The Bertz CT molecular complexity index is 1610. The highest BCUT2D eigenvalue weighted by atomic mass is 19.1. The van der Waals surface area contributed by atoms with Crippen molar-refractivity contribution >= 4 is 5.91 Å². The third-order valence-corrected chi connectivity index (χ3v) is 6.66. The lowest BCUT2D eigenvalue weighted by molar-refractivity contribution is -0.00856. The summed E-state index contributed by atoms with van der Waals surface area (Å²) in [5, 5.41) is 21.7. The number of hydrogen-bond acceptors (Lipinski definition) is 8. The van der Waals surface area contributed by atoms with Crippen LogP contribution in [0.1, 0.15) is 27.0 Å². The van der Waals surface area contributed by atoms with E-state index in [1.54, 1.807) is 0 Å². The van der Waals surface area contributed by atoms with E-state index < -0.39 is 17.2 Å². The maximum atomic E-state index is 14.1. The van der Waals surface area contributed by atoms with Crippen LogP contribution in [-0.2, 0) is 25.1 Å². The van der Waals surface area contributed by atoms with Crippen molar-refractivity contribution in [2.24, 2.45) is 0 Å². The molecule has 1 amide bonds. The lowest BCUT2D eigenvalue weighted by Gasteiger charge is -2.28. The lowest BCUT2D eigenvalue weighted by atomic mass is 9.93. The molecule has 0 atom stereocenters. The molecular weight excluding hydrogens is 560 g/mol. The summed E-state index contributed by atoms with van der Waals surface area (Å²) in [6.07, 6.45) is 6.16. The van der Waals surface area contributed by atoms with Crippen molar-refractivity contribution in [2.45, 2.75) is 32.0 Å². The molecule has 3 aromatic carbocycles. The zero-order valence-corrected chi connectivity index (χ0v) is 23.2. The molecule has 0 radical (unpaired) electrons. The molecule has 0 aliphatic carbocycles. The summed E-state index contributed by atoms with van der Waals surface area (Å²) < 4.78 is 40.6. The number of aryl methyl sites for hydroxylation is 1. The van der Waals surface area contributed by atoms with E-state index in [-0.39, 0.29) is 31.4 Å². The summed E-state index contributed by atoms with van der Waals surface area (Å²) in [6, 6.07) is 16.4. The molecule has 0 fully saturated rings. The molecule has 13 heteroatoms. The fourth-order valence-corrected chi connectivity index (χ4v) is 4.48. The Kier molecular flexibility index (Phi) is 9.01. The Labute approximate surface area is 245 Å². The van der Waals surface area contributed by atoms with Gasteiger partial charge in [0.25, 0.3) is 5.91 Å². The maximum absolute atomic E-state index is 14.1.